The summed E-state index contributed by atoms with van der Waals surface area (Å²) in [4.78, 5) is 0. The van der Waals surface area contributed by atoms with E-state index in [9.17, 15) is 0 Å². The highest BCUT2D eigenvalue weighted by molar-refractivity contribution is 9.08. The Morgan fingerprint density at radius 2 is 2.17 bits per heavy atom. The van der Waals surface area contributed by atoms with Crippen molar-refractivity contribution in [3.8, 4) is 0 Å². The zero-order valence-corrected chi connectivity index (χ0v) is 8.51. The number of hydrogen-bond donors (Lipinski definition) is 0. The van der Waals surface area contributed by atoms with E-state index in [2.05, 4.69) is 58.0 Å². The summed E-state index contributed by atoms with van der Waals surface area (Å²) in [5.74, 6) is 0. The number of benzene rings is 1. The standard InChI is InChI=1S/C10H10BrN/c1-12-5-4-9-3-2-8(7-11)6-10(9)12/h2-6H,7H2,1H3. The van der Waals surface area contributed by atoms with Gasteiger partial charge >= 0.3 is 0 Å². The van der Waals surface area contributed by atoms with Crippen LogP contribution in [0.2, 0.25) is 0 Å². The molecule has 1 nitrogen and oxygen atoms in total. The van der Waals surface area contributed by atoms with E-state index in [0.717, 1.165) is 5.33 Å². The van der Waals surface area contributed by atoms with Gasteiger partial charge in [-0.05, 0) is 23.1 Å². The molecule has 2 rings (SSSR count). The van der Waals surface area contributed by atoms with Crippen molar-refractivity contribution >= 4 is 26.8 Å². The average molecular weight is 224 g/mol. The zero-order chi connectivity index (χ0) is 8.55. The van der Waals surface area contributed by atoms with Crippen molar-refractivity contribution < 1.29 is 0 Å². The molecule has 0 bridgehead atoms. The molecular weight excluding hydrogens is 214 g/mol. The maximum Gasteiger partial charge on any atom is 0.0480 e. The van der Waals surface area contributed by atoms with E-state index in [4.69, 9.17) is 0 Å². The molecule has 0 aliphatic heterocycles. The van der Waals surface area contributed by atoms with Crippen molar-refractivity contribution in [1.29, 1.82) is 0 Å². The number of halogens is 1. The number of rotatable bonds is 1. The Labute approximate surface area is 80.1 Å². The number of alkyl halides is 1. The SMILES string of the molecule is Cn1ccc2ccc(CBr)cc21. The number of aryl methyl sites for hydroxylation is 1. The summed E-state index contributed by atoms with van der Waals surface area (Å²) in [6.45, 7) is 0. The third-order valence-corrected chi connectivity index (χ3v) is 2.75. The van der Waals surface area contributed by atoms with Crippen molar-refractivity contribution in [2.24, 2.45) is 7.05 Å². The van der Waals surface area contributed by atoms with E-state index >= 15 is 0 Å². The third kappa shape index (κ3) is 1.16. The molecule has 12 heavy (non-hydrogen) atoms. The third-order valence-electron chi connectivity index (χ3n) is 2.11. The fraction of sp³-hybridized carbons (Fsp3) is 0.200. The summed E-state index contributed by atoms with van der Waals surface area (Å²) in [7, 11) is 2.07. The maximum atomic E-state index is 3.45. The van der Waals surface area contributed by atoms with Gasteiger partial charge in [0, 0.05) is 24.1 Å². The van der Waals surface area contributed by atoms with Gasteiger partial charge in [-0.2, -0.15) is 0 Å². The molecule has 0 aliphatic carbocycles. The van der Waals surface area contributed by atoms with Crippen molar-refractivity contribution in [3.05, 3.63) is 36.0 Å². The molecule has 2 heteroatoms. The molecule has 0 saturated heterocycles. The van der Waals surface area contributed by atoms with Gasteiger partial charge in [0.2, 0.25) is 0 Å². The Kier molecular flexibility index (Phi) is 1.93. The number of fused-ring (bicyclic) bond motifs is 1. The lowest BCUT2D eigenvalue weighted by atomic mass is 10.2. The lowest BCUT2D eigenvalue weighted by Gasteiger charge is -1.98. The average Bonchev–Trinajstić information content (AvgIpc) is 2.47. The van der Waals surface area contributed by atoms with Crippen LogP contribution < -0.4 is 0 Å². The van der Waals surface area contributed by atoms with Gasteiger partial charge in [-0.1, -0.05) is 28.1 Å². The van der Waals surface area contributed by atoms with Crippen LogP contribution in [0.15, 0.2) is 30.5 Å². The first-order valence-electron chi connectivity index (χ1n) is 3.91. The molecule has 1 aromatic heterocycles. The lowest BCUT2D eigenvalue weighted by Crippen LogP contribution is -1.84. The second-order valence-corrected chi connectivity index (χ2v) is 3.51. The fourth-order valence-electron chi connectivity index (χ4n) is 1.39. The minimum atomic E-state index is 0.925. The molecule has 1 aromatic carbocycles. The minimum absolute atomic E-state index is 0.925. The van der Waals surface area contributed by atoms with Crippen LogP contribution in [0.3, 0.4) is 0 Å². The van der Waals surface area contributed by atoms with Crippen LogP contribution in [-0.4, -0.2) is 4.57 Å². The molecule has 0 spiro atoms. The molecule has 0 atom stereocenters. The quantitative estimate of drug-likeness (QED) is 0.656. The summed E-state index contributed by atoms with van der Waals surface area (Å²) in [6.07, 6.45) is 2.09. The zero-order valence-electron chi connectivity index (χ0n) is 6.92. The molecule has 0 N–H and O–H groups in total. The summed E-state index contributed by atoms with van der Waals surface area (Å²) in [5.41, 5.74) is 2.62. The maximum absolute atomic E-state index is 3.45. The monoisotopic (exact) mass is 223 g/mol. The summed E-state index contributed by atoms with van der Waals surface area (Å²) in [6, 6.07) is 8.65. The lowest BCUT2D eigenvalue weighted by molar-refractivity contribution is 0.968. The van der Waals surface area contributed by atoms with Crippen molar-refractivity contribution in [2.45, 2.75) is 5.33 Å². The summed E-state index contributed by atoms with van der Waals surface area (Å²) in [5, 5.41) is 2.23. The Morgan fingerprint density at radius 3 is 2.92 bits per heavy atom. The van der Waals surface area contributed by atoms with E-state index in [1.165, 1.54) is 16.5 Å². The fourth-order valence-corrected chi connectivity index (χ4v) is 1.74. The first kappa shape index (κ1) is 7.87. The predicted octanol–water partition coefficient (Wildman–Crippen LogP) is 3.07. The van der Waals surface area contributed by atoms with Crippen LogP contribution in [0.25, 0.3) is 10.9 Å². The first-order valence-corrected chi connectivity index (χ1v) is 5.03. The molecule has 0 unspecified atom stereocenters. The van der Waals surface area contributed by atoms with Gasteiger partial charge in [-0.15, -0.1) is 0 Å². The van der Waals surface area contributed by atoms with E-state index in [-0.39, 0.29) is 0 Å². The second-order valence-electron chi connectivity index (χ2n) is 2.95. The van der Waals surface area contributed by atoms with E-state index in [0.29, 0.717) is 0 Å². The molecule has 62 valence electrons. The van der Waals surface area contributed by atoms with Crippen LogP contribution in [-0.2, 0) is 12.4 Å². The van der Waals surface area contributed by atoms with Gasteiger partial charge in [-0.3, -0.25) is 0 Å². The van der Waals surface area contributed by atoms with E-state index in [1.807, 2.05) is 0 Å². The van der Waals surface area contributed by atoms with Crippen molar-refractivity contribution in [3.63, 3.8) is 0 Å². The van der Waals surface area contributed by atoms with Crippen LogP contribution >= 0.6 is 15.9 Å². The Bertz CT molecular complexity index is 403. The molecular formula is C10H10BrN. The van der Waals surface area contributed by atoms with Crippen molar-refractivity contribution in [2.75, 3.05) is 0 Å². The van der Waals surface area contributed by atoms with Crippen LogP contribution in [0.4, 0.5) is 0 Å². The van der Waals surface area contributed by atoms with Crippen LogP contribution in [0.5, 0.6) is 0 Å². The molecule has 0 saturated carbocycles. The molecule has 0 amide bonds. The second kappa shape index (κ2) is 2.94. The van der Waals surface area contributed by atoms with Crippen LogP contribution in [0.1, 0.15) is 5.56 Å². The van der Waals surface area contributed by atoms with Gasteiger partial charge in [0.15, 0.2) is 0 Å². The Balaban J connectivity index is 2.71. The topological polar surface area (TPSA) is 4.93 Å². The van der Waals surface area contributed by atoms with Gasteiger partial charge in [0.05, 0.1) is 0 Å². The van der Waals surface area contributed by atoms with Crippen molar-refractivity contribution in [1.82, 2.24) is 4.57 Å². The Hall–Kier alpha value is -0.760. The molecule has 0 aliphatic rings. The van der Waals surface area contributed by atoms with Gasteiger partial charge in [0.1, 0.15) is 0 Å². The largest absolute Gasteiger partial charge is 0.351 e. The minimum Gasteiger partial charge on any atom is -0.351 e. The highest BCUT2D eigenvalue weighted by atomic mass is 79.9. The highest BCUT2D eigenvalue weighted by Crippen LogP contribution is 2.17. The summed E-state index contributed by atoms with van der Waals surface area (Å²) >= 11 is 3.45. The molecule has 0 radical (unpaired) electrons. The number of nitrogens with zero attached hydrogens (tertiary/aromatic N) is 1. The summed E-state index contributed by atoms with van der Waals surface area (Å²) < 4.78 is 2.14. The van der Waals surface area contributed by atoms with Crippen LogP contribution in [0, 0.1) is 0 Å². The smallest absolute Gasteiger partial charge is 0.0480 e. The number of aromatic nitrogens is 1. The highest BCUT2D eigenvalue weighted by Gasteiger charge is 1.97. The normalized spacial score (nSPS) is 10.8. The number of hydrogen-bond acceptors (Lipinski definition) is 0. The van der Waals surface area contributed by atoms with Gasteiger partial charge in [0.25, 0.3) is 0 Å². The van der Waals surface area contributed by atoms with Gasteiger partial charge < -0.3 is 4.57 Å². The Morgan fingerprint density at radius 1 is 1.33 bits per heavy atom. The first-order chi connectivity index (χ1) is 5.81. The van der Waals surface area contributed by atoms with E-state index in [1.54, 1.807) is 0 Å². The predicted molar refractivity (Wildman–Crippen MR) is 55.6 cm³/mol. The molecule has 0 fully saturated rings. The van der Waals surface area contributed by atoms with Gasteiger partial charge in [-0.25, -0.2) is 0 Å². The van der Waals surface area contributed by atoms with E-state index < -0.39 is 0 Å². The molecule has 2 aromatic rings. The molecule has 1 heterocycles.